The molecule has 1 heterocycles. The summed E-state index contributed by atoms with van der Waals surface area (Å²) in [4.78, 5) is 10.9. The van der Waals surface area contributed by atoms with E-state index in [0.29, 0.717) is 17.1 Å². The van der Waals surface area contributed by atoms with E-state index in [-0.39, 0.29) is 0 Å². The van der Waals surface area contributed by atoms with Gasteiger partial charge in [-0.05, 0) is 31.8 Å². The fourth-order valence-corrected chi connectivity index (χ4v) is 3.13. The molecule has 0 aliphatic heterocycles. The molecule has 0 bridgehead atoms. The lowest BCUT2D eigenvalue weighted by molar-refractivity contribution is 0.104. The highest BCUT2D eigenvalue weighted by Crippen LogP contribution is 2.28. The molecule has 5 heteroatoms. The molecule has 1 aromatic heterocycles. The van der Waals surface area contributed by atoms with Gasteiger partial charge >= 0.3 is 0 Å². The zero-order valence-corrected chi connectivity index (χ0v) is 12.3. The van der Waals surface area contributed by atoms with Crippen molar-refractivity contribution in [2.75, 3.05) is 13.1 Å². The first-order valence-corrected chi connectivity index (χ1v) is 7.53. The molecule has 1 aliphatic carbocycles. The van der Waals surface area contributed by atoms with Crippen LogP contribution in [0.4, 0.5) is 0 Å². The molecule has 4 nitrogen and oxygen atoms in total. The molecule has 2 atom stereocenters. The van der Waals surface area contributed by atoms with Crippen LogP contribution in [-0.2, 0) is 6.54 Å². The number of hydrogen-bond donors (Lipinski definition) is 1. The van der Waals surface area contributed by atoms with Gasteiger partial charge in [-0.3, -0.25) is 9.88 Å². The Bertz CT molecular complexity index is 382. The molecule has 2 N–H and O–H groups in total. The van der Waals surface area contributed by atoms with Crippen molar-refractivity contribution < 1.29 is 0 Å². The van der Waals surface area contributed by atoms with Crippen molar-refractivity contribution in [1.29, 1.82) is 0 Å². The van der Waals surface area contributed by atoms with Gasteiger partial charge in [0.1, 0.15) is 5.15 Å². The molecule has 0 radical (unpaired) electrons. The minimum Gasteiger partial charge on any atom is -0.330 e. The van der Waals surface area contributed by atoms with Gasteiger partial charge in [-0.15, -0.1) is 0 Å². The Morgan fingerprint density at radius 2 is 2.11 bits per heavy atom. The van der Waals surface area contributed by atoms with Crippen molar-refractivity contribution in [3.8, 4) is 0 Å². The Kier molecular flexibility index (Phi) is 5.55. The molecule has 0 amide bonds. The highest BCUT2D eigenvalue weighted by molar-refractivity contribution is 6.29. The van der Waals surface area contributed by atoms with Crippen LogP contribution in [0.15, 0.2) is 12.4 Å². The molecule has 1 fully saturated rings. The van der Waals surface area contributed by atoms with E-state index in [1.165, 1.54) is 25.7 Å². The molecular formula is C14H23ClN4. The average Bonchev–Trinajstić information content (AvgIpc) is 2.46. The normalized spacial score (nSPS) is 23.8. The van der Waals surface area contributed by atoms with Gasteiger partial charge in [0.2, 0.25) is 0 Å². The Hall–Kier alpha value is -0.710. The lowest BCUT2D eigenvalue weighted by Gasteiger charge is -2.39. The second-order valence-corrected chi connectivity index (χ2v) is 5.63. The van der Waals surface area contributed by atoms with E-state index >= 15 is 0 Å². The summed E-state index contributed by atoms with van der Waals surface area (Å²) in [5.41, 5.74) is 6.91. The molecule has 0 saturated heterocycles. The van der Waals surface area contributed by atoms with Crippen LogP contribution in [0.2, 0.25) is 5.15 Å². The van der Waals surface area contributed by atoms with Gasteiger partial charge in [-0.25, -0.2) is 4.98 Å². The summed E-state index contributed by atoms with van der Waals surface area (Å²) in [7, 11) is 0. The monoisotopic (exact) mass is 282 g/mol. The maximum absolute atomic E-state index is 5.93. The van der Waals surface area contributed by atoms with E-state index in [0.717, 1.165) is 25.3 Å². The Morgan fingerprint density at radius 1 is 1.32 bits per heavy atom. The SMILES string of the molecule is CCN(Cc1cnc(Cl)cn1)C1CCCCC1CN. The number of rotatable bonds is 5. The molecule has 106 valence electrons. The van der Waals surface area contributed by atoms with Crippen molar-refractivity contribution in [3.63, 3.8) is 0 Å². The first-order valence-electron chi connectivity index (χ1n) is 7.15. The van der Waals surface area contributed by atoms with E-state index in [1.807, 2.05) is 0 Å². The minimum atomic E-state index is 0.448. The first kappa shape index (κ1) is 14.7. The second-order valence-electron chi connectivity index (χ2n) is 5.24. The maximum Gasteiger partial charge on any atom is 0.147 e. The van der Waals surface area contributed by atoms with Gasteiger partial charge in [-0.1, -0.05) is 31.4 Å². The summed E-state index contributed by atoms with van der Waals surface area (Å²) in [6.07, 6.45) is 8.51. The molecule has 0 spiro atoms. The fraction of sp³-hybridized carbons (Fsp3) is 0.714. The Morgan fingerprint density at radius 3 is 2.74 bits per heavy atom. The summed E-state index contributed by atoms with van der Waals surface area (Å²) in [6.45, 7) is 4.84. The molecule has 0 aromatic carbocycles. The van der Waals surface area contributed by atoms with Gasteiger partial charge in [0, 0.05) is 12.6 Å². The van der Waals surface area contributed by atoms with E-state index in [9.17, 15) is 0 Å². The zero-order valence-electron chi connectivity index (χ0n) is 11.6. The van der Waals surface area contributed by atoms with Crippen molar-refractivity contribution >= 4 is 11.6 Å². The van der Waals surface area contributed by atoms with Gasteiger partial charge in [0.05, 0.1) is 18.1 Å². The molecule has 1 aliphatic rings. The van der Waals surface area contributed by atoms with E-state index in [2.05, 4.69) is 21.8 Å². The van der Waals surface area contributed by atoms with Gasteiger partial charge in [0.15, 0.2) is 0 Å². The lowest BCUT2D eigenvalue weighted by atomic mass is 9.83. The Balaban J connectivity index is 2.04. The van der Waals surface area contributed by atoms with Crippen LogP contribution in [0.3, 0.4) is 0 Å². The summed E-state index contributed by atoms with van der Waals surface area (Å²) in [6, 6.07) is 0.584. The van der Waals surface area contributed by atoms with Crippen LogP contribution < -0.4 is 5.73 Å². The van der Waals surface area contributed by atoms with Crippen molar-refractivity contribution in [1.82, 2.24) is 14.9 Å². The lowest BCUT2D eigenvalue weighted by Crippen LogP contribution is -2.44. The second kappa shape index (κ2) is 7.17. The largest absolute Gasteiger partial charge is 0.330 e. The summed E-state index contributed by atoms with van der Waals surface area (Å²) < 4.78 is 0. The predicted molar refractivity (Wildman–Crippen MR) is 77.9 cm³/mol. The molecular weight excluding hydrogens is 260 g/mol. The third-order valence-corrected chi connectivity index (χ3v) is 4.28. The van der Waals surface area contributed by atoms with Crippen molar-refractivity contribution in [2.45, 2.75) is 45.2 Å². The molecule has 1 aromatic rings. The van der Waals surface area contributed by atoms with E-state index in [1.54, 1.807) is 12.4 Å². The highest BCUT2D eigenvalue weighted by atomic mass is 35.5. The summed E-state index contributed by atoms with van der Waals surface area (Å²) in [5, 5.41) is 0.448. The van der Waals surface area contributed by atoms with Crippen LogP contribution in [0.1, 0.15) is 38.3 Å². The van der Waals surface area contributed by atoms with Gasteiger partial charge < -0.3 is 5.73 Å². The number of hydrogen-bond acceptors (Lipinski definition) is 4. The first-order chi connectivity index (χ1) is 9.24. The number of aromatic nitrogens is 2. The predicted octanol–water partition coefficient (Wildman–Crippen LogP) is 2.47. The van der Waals surface area contributed by atoms with Gasteiger partial charge in [-0.2, -0.15) is 0 Å². The van der Waals surface area contributed by atoms with E-state index < -0.39 is 0 Å². The van der Waals surface area contributed by atoms with Crippen LogP contribution >= 0.6 is 11.6 Å². The molecule has 2 unspecified atom stereocenters. The van der Waals surface area contributed by atoms with Crippen LogP contribution in [0.5, 0.6) is 0 Å². The molecule has 19 heavy (non-hydrogen) atoms. The molecule has 1 saturated carbocycles. The molecule has 2 rings (SSSR count). The third-order valence-electron chi connectivity index (χ3n) is 4.09. The topological polar surface area (TPSA) is 55.0 Å². The zero-order chi connectivity index (χ0) is 13.7. The summed E-state index contributed by atoms with van der Waals surface area (Å²) in [5.74, 6) is 0.619. The van der Waals surface area contributed by atoms with Gasteiger partial charge in [0.25, 0.3) is 0 Å². The highest BCUT2D eigenvalue weighted by Gasteiger charge is 2.28. The number of halogens is 1. The van der Waals surface area contributed by atoms with Crippen LogP contribution in [0, 0.1) is 5.92 Å². The fourth-order valence-electron chi connectivity index (χ4n) is 3.04. The van der Waals surface area contributed by atoms with E-state index in [4.69, 9.17) is 17.3 Å². The van der Waals surface area contributed by atoms with Crippen LogP contribution in [-0.4, -0.2) is 34.0 Å². The van der Waals surface area contributed by atoms with Crippen molar-refractivity contribution in [3.05, 3.63) is 23.2 Å². The minimum absolute atomic E-state index is 0.448. The van der Waals surface area contributed by atoms with Crippen molar-refractivity contribution in [2.24, 2.45) is 11.7 Å². The quantitative estimate of drug-likeness (QED) is 0.901. The third kappa shape index (κ3) is 3.88. The Labute approximate surface area is 120 Å². The maximum atomic E-state index is 5.93. The average molecular weight is 283 g/mol. The smallest absolute Gasteiger partial charge is 0.147 e. The van der Waals surface area contributed by atoms with Crippen LogP contribution in [0.25, 0.3) is 0 Å². The number of nitrogens with zero attached hydrogens (tertiary/aromatic N) is 3. The standard InChI is InChI=1S/C14H23ClN4/c1-2-19(10-12-8-18-14(15)9-17-12)13-6-4-3-5-11(13)7-16/h8-9,11,13H,2-7,10,16H2,1H3. The number of nitrogens with two attached hydrogens (primary N) is 1. The summed E-state index contributed by atoms with van der Waals surface area (Å²) >= 11 is 5.77.